The van der Waals surface area contributed by atoms with Crippen LogP contribution in [0.2, 0.25) is 0 Å². The Kier molecular flexibility index (Phi) is 7.02. The lowest BCUT2D eigenvalue weighted by molar-refractivity contribution is -0.144. The van der Waals surface area contributed by atoms with Gasteiger partial charge in [-0.2, -0.15) is 0 Å². The molecule has 7 nitrogen and oxygen atoms in total. The third kappa shape index (κ3) is 6.02. The molecule has 0 unspecified atom stereocenters. The highest BCUT2D eigenvalue weighted by atomic mass is 32.1. The molecule has 1 heterocycles. The van der Waals surface area contributed by atoms with Crippen LogP contribution in [0.15, 0.2) is 0 Å². The topological polar surface area (TPSA) is 93.2 Å². The lowest BCUT2D eigenvalue weighted by Gasteiger charge is -2.06. The Morgan fingerprint density at radius 3 is 2.65 bits per heavy atom. The standard InChI is InChI=1S/C11H16N4O3S2/c1-3-8-14-15-11(20-8)13-10(19)12-7(16)5-6-9(17)18-4-2/h3-6H2,1-2H3,(H2,12,13,15,16,19). The first-order valence-electron chi connectivity index (χ1n) is 6.14. The molecule has 110 valence electrons. The highest BCUT2D eigenvalue weighted by Gasteiger charge is 2.10. The molecular weight excluding hydrogens is 300 g/mol. The number of hydrogen-bond acceptors (Lipinski definition) is 7. The van der Waals surface area contributed by atoms with E-state index in [1.807, 2.05) is 6.92 Å². The molecule has 0 aromatic carbocycles. The van der Waals surface area contributed by atoms with Crippen molar-refractivity contribution in [1.29, 1.82) is 0 Å². The molecule has 0 radical (unpaired) electrons. The summed E-state index contributed by atoms with van der Waals surface area (Å²) in [4.78, 5) is 22.6. The quantitative estimate of drug-likeness (QED) is 0.602. The summed E-state index contributed by atoms with van der Waals surface area (Å²) in [5.74, 6) is -0.756. The van der Waals surface area contributed by atoms with Crippen LogP contribution in [0.25, 0.3) is 0 Å². The molecule has 2 N–H and O–H groups in total. The maximum absolute atomic E-state index is 11.5. The number of aryl methyl sites for hydroxylation is 1. The molecular formula is C11H16N4O3S2. The Hall–Kier alpha value is -1.61. The zero-order chi connectivity index (χ0) is 15.0. The maximum atomic E-state index is 11.5. The van der Waals surface area contributed by atoms with Crippen LogP contribution in [0.4, 0.5) is 5.13 Å². The van der Waals surface area contributed by atoms with Crippen LogP contribution in [-0.4, -0.2) is 33.8 Å². The van der Waals surface area contributed by atoms with E-state index in [1.165, 1.54) is 11.3 Å². The van der Waals surface area contributed by atoms with Gasteiger partial charge in [-0.1, -0.05) is 18.3 Å². The SMILES string of the molecule is CCOC(=O)CCC(=O)NC(=S)Nc1nnc(CC)s1. The molecule has 0 fully saturated rings. The van der Waals surface area contributed by atoms with Gasteiger partial charge in [0.1, 0.15) is 5.01 Å². The van der Waals surface area contributed by atoms with Crippen molar-refractivity contribution in [3.05, 3.63) is 5.01 Å². The van der Waals surface area contributed by atoms with Gasteiger partial charge in [-0.3, -0.25) is 9.59 Å². The van der Waals surface area contributed by atoms with E-state index in [-0.39, 0.29) is 23.9 Å². The third-order valence-electron chi connectivity index (χ3n) is 2.10. The minimum Gasteiger partial charge on any atom is -0.466 e. The van der Waals surface area contributed by atoms with Crippen LogP contribution in [0.1, 0.15) is 31.7 Å². The number of rotatable bonds is 6. The van der Waals surface area contributed by atoms with Crippen molar-refractivity contribution in [2.24, 2.45) is 0 Å². The number of carbonyl (C=O) groups is 2. The van der Waals surface area contributed by atoms with Gasteiger partial charge in [0.05, 0.1) is 13.0 Å². The number of anilines is 1. The normalized spacial score (nSPS) is 9.90. The summed E-state index contributed by atoms with van der Waals surface area (Å²) in [7, 11) is 0. The Balaban J connectivity index is 2.31. The van der Waals surface area contributed by atoms with Crippen LogP contribution >= 0.6 is 23.6 Å². The first kappa shape index (κ1) is 16.4. The van der Waals surface area contributed by atoms with E-state index in [0.717, 1.165) is 11.4 Å². The van der Waals surface area contributed by atoms with Crippen molar-refractivity contribution in [2.45, 2.75) is 33.1 Å². The molecule has 1 rings (SSSR count). The van der Waals surface area contributed by atoms with Crippen LogP contribution in [-0.2, 0) is 20.7 Å². The van der Waals surface area contributed by atoms with Gasteiger partial charge in [0, 0.05) is 6.42 Å². The fourth-order valence-electron chi connectivity index (χ4n) is 1.21. The molecule has 0 aliphatic rings. The van der Waals surface area contributed by atoms with Crippen molar-refractivity contribution in [3.63, 3.8) is 0 Å². The van der Waals surface area contributed by atoms with Crippen LogP contribution in [0, 0.1) is 0 Å². The second-order valence-electron chi connectivity index (χ2n) is 3.66. The van der Waals surface area contributed by atoms with E-state index in [2.05, 4.69) is 20.8 Å². The van der Waals surface area contributed by atoms with Crippen molar-refractivity contribution in [1.82, 2.24) is 15.5 Å². The molecule has 1 amide bonds. The van der Waals surface area contributed by atoms with E-state index >= 15 is 0 Å². The summed E-state index contributed by atoms with van der Waals surface area (Å²) in [6.07, 6.45) is 0.843. The van der Waals surface area contributed by atoms with Crippen LogP contribution in [0.5, 0.6) is 0 Å². The number of esters is 1. The zero-order valence-electron chi connectivity index (χ0n) is 11.3. The van der Waals surface area contributed by atoms with Gasteiger partial charge in [-0.25, -0.2) is 0 Å². The Bertz CT molecular complexity index is 490. The maximum Gasteiger partial charge on any atom is 0.306 e. The fourth-order valence-corrected chi connectivity index (χ4v) is 2.17. The van der Waals surface area contributed by atoms with Gasteiger partial charge in [0.2, 0.25) is 11.0 Å². The van der Waals surface area contributed by atoms with Crippen molar-refractivity contribution in [3.8, 4) is 0 Å². The first-order chi connectivity index (χ1) is 9.55. The predicted octanol–water partition coefficient (Wildman–Crippen LogP) is 1.26. The number of nitrogens with one attached hydrogen (secondary N) is 2. The Labute approximate surface area is 126 Å². The number of carbonyl (C=O) groups excluding carboxylic acids is 2. The van der Waals surface area contributed by atoms with Crippen molar-refractivity contribution in [2.75, 3.05) is 11.9 Å². The third-order valence-corrected chi connectivity index (χ3v) is 3.29. The largest absolute Gasteiger partial charge is 0.466 e. The highest BCUT2D eigenvalue weighted by Crippen LogP contribution is 2.14. The lowest BCUT2D eigenvalue weighted by atomic mass is 10.3. The number of hydrogen-bond donors (Lipinski definition) is 2. The molecule has 1 aromatic rings. The first-order valence-corrected chi connectivity index (χ1v) is 7.36. The molecule has 1 aromatic heterocycles. The van der Waals surface area contributed by atoms with Gasteiger partial charge in [-0.05, 0) is 25.6 Å². The smallest absolute Gasteiger partial charge is 0.306 e. The summed E-state index contributed by atoms with van der Waals surface area (Å²) < 4.78 is 4.72. The van der Waals surface area contributed by atoms with Gasteiger partial charge < -0.3 is 15.4 Å². The van der Waals surface area contributed by atoms with Gasteiger partial charge in [0.25, 0.3) is 0 Å². The summed E-state index contributed by atoms with van der Waals surface area (Å²) in [5, 5.41) is 14.6. The molecule has 0 aliphatic carbocycles. The summed E-state index contributed by atoms with van der Waals surface area (Å²) in [5.41, 5.74) is 0. The number of thiocarbonyl (C=S) groups is 1. The Morgan fingerprint density at radius 2 is 2.05 bits per heavy atom. The number of ether oxygens (including phenoxy) is 1. The monoisotopic (exact) mass is 316 g/mol. The minimum atomic E-state index is -0.404. The van der Waals surface area contributed by atoms with Crippen molar-refractivity contribution >= 4 is 45.7 Å². The fraction of sp³-hybridized carbons (Fsp3) is 0.545. The summed E-state index contributed by atoms with van der Waals surface area (Å²) >= 11 is 6.34. The molecule has 0 saturated heterocycles. The minimum absolute atomic E-state index is 0.0248. The molecule has 0 spiro atoms. The second kappa shape index (κ2) is 8.54. The van der Waals surface area contributed by atoms with E-state index in [1.54, 1.807) is 6.92 Å². The average Bonchev–Trinajstić information content (AvgIpc) is 2.84. The molecule has 20 heavy (non-hydrogen) atoms. The molecule has 0 saturated carbocycles. The number of aromatic nitrogens is 2. The van der Waals surface area contributed by atoms with Gasteiger partial charge >= 0.3 is 5.97 Å². The number of nitrogens with zero attached hydrogens (tertiary/aromatic N) is 2. The average molecular weight is 316 g/mol. The summed E-state index contributed by atoms with van der Waals surface area (Å²) in [6, 6.07) is 0. The van der Waals surface area contributed by atoms with Crippen molar-refractivity contribution < 1.29 is 14.3 Å². The van der Waals surface area contributed by atoms with Crippen LogP contribution in [0.3, 0.4) is 0 Å². The van der Waals surface area contributed by atoms with E-state index in [0.29, 0.717) is 11.7 Å². The molecule has 0 atom stereocenters. The van der Waals surface area contributed by atoms with Gasteiger partial charge in [0.15, 0.2) is 5.11 Å². The second-order valence-corrected chi connectivity index (χ2v) is 5.13. The van der Waals surface area contributed by atoms with Crippen LogP contribution < -0.4 is 10.6 Å². The molecule has 0 bridgehead atoms. The Morgan fingerprint density at radius 1 is 1.30 bits per heavy atom. The zero-order valence-corrected chi connectivity index (χ0v) is 12.9. The van der Waals surface area contributed by atoms with E-state index in [4.69, 9.17) is 17.0 Å². The predicted molar refractivity (Wildman–Crippen MR) is 79.5 cm³/mol. The van der Waals surface area contributed by atoms with E-state index < -0.39 is 5.97 Å². The molecule has 9 heteroatoms. The number of amides is 1. The summed E-state index contributed by atoms with van der Waals surface area (Å²) in [6.45, 7) is 3.99. The molecule has 0 aliphatic heterocycles. The highest BCUT2D eigenvalue weighted by molar-refractivity contribution is 7.80. The lowest BCUT2D eigenvalue weighted by Crippen LogP contribution is -2.34. The van der Waals surface area contributed by atoms with Gasteiger partial charge in [-0.15, -0.1) is 10.2 Å². The van der Waals surface area contributed by atoms with E-state index in [9.17, 15) is 9.59 Å².